The summed E-state index contributed by atoms with van der Waals surface area (Å²) in [5.41, 5.74) is 2.45. The van der Waals surface area contributed by atoms with E-state index >= 15 is 0 Å². The third kappa shape index (κ3) is 3.84. The van der Waals surface area contributed by atoms with Gasteiger partial charge in [-0.2, -0.15) is 0 Å². The Morgan fingerprint density at radius 1 is 1.33 bits per heavy atom. The predicted molar refractivity (Wildman–Crippen MR) is 73.7 cm³/mol. The van der Waals surface area contributed by atoms with Gasteiger partial charge in [0.25, 0.3) is 5.91 Å². The number of benzene rings is 1. The van der Waals surface area contributed by atoms with E-state index in [4.69, 9.17) is 0 Å². The highest BCUT2D eigenvalue weighted by atomic mass is 16.3. The smallest absolute Gasteiger partial charge is 0.251 e. The highest BCUT2D eigenvalue weighted by molar-refractivity contribution is 5.95. The lowest BCUT2D eigenvalue weighted by Gasteiger charge is -2.26. The molecule has 0 aliphatic heterocycles. The van der Waals surface area contributed by atoms with Crippen molar-refractivity contribution in [1.82, 2.24) is 5.32 Å². The number of aliphatic hydroxyl groups is 1. The molecule has 0 aromatic heterocycles. The first kappa shape index (κ1) is 14.7. The maximum atomic E-state index is 12.0. The van der Waals surface area contributed by atoms with Gasteiger partial charge in [-0.05, 0) is 30.9 Å². The van der Waals surface area contributed by atoms with Gasteiger partial charge in [0.05, 0.1) is 6.10 Å². The van der Waals surface area contributed by atoms with Gasteiger partial charge in [-0.25, -0.2) is 0 Å². The summed E-state index contributed by atoms with van der Waals surface area (Å²) in [5, 5.41) is 12.7. The van der Waals surface area contributed by atoms with Crippen LogP contribution in [-0.4, -0.2) is 23.7 Å². The Balaban J connectivity index is 2.69. The van der Waals surface area contributed by atoms with Gasteiger partial charge in [-0.1, -0.05) is 38.5 Å². The quantitative estimate of drug-likeness (QED) is 0.864. The summed E-state index contributed by atoms with van der Waals surface area (Å²) >= 11 is 0. The third-order valence-corrected chi connectivity index (χ3v) is 3.09. The molecule has 3 nitrogen and oxygen atoms in total. The van der Waals surface area contributed by atoms with Crippen molar-refractivity contribution < 1.29 is 9.90 Å². The SMILES string of the molecule is Cc1ccc(C)c(C(=O)NCC(O)C(C)(C)C)c1. The van der Waals surface area contributed by atoms with Crippen LogP contribution in [0.1, 0.15) is 42.3 Å². The second kappa shape index (κ2) is 5.53. The zero-order valence-electron chi connectivity index (χ0n) is 11.9. The Bertz CT molecular complexity index is 433. The molecule has 0 aliphatic rings. The molecule has 1 amide bonds. The first-order valence-electron chi connectivity index (χ1n) is 6.25. The highest BCUT2D eigenvalue weighted by Gasteiger charge is 2.22. The molecule has 0 radical (unpaired) electrons. The van der Waals surface area contributed by atoms with E-state index in [1.807, 2.05) is 52.8 Å². The number of nitrogens with one attached hydrogen (secondary N) is 1. The lowest BCUT2D eigenvalue weighted by atomic mass is 9.89. The summed E-state index contributed by atoms with van der Waals surface area (Å²) in [6.07, 6.45) is -0.549. The Labute approximate surface area is 109 Å². The largest absolute Gasteiger partial charge is 0.391 e. The number of hydrogen-bond donors (Lipinski definition) is 2. The predicted octanol–water partition coefficient (Wildman–Crippen LogP) is 2.44. The average molecular weight is 249 g/mol. The monoisotopic (exact) mass is 249 g/mol. The van der Waals surface area contributed by atoms with Gasteiger partial charge in [0.2, 0.25) is 0 Å². The van der Waals surface area contributed by atoms with Crippen LogP contribution in [0.3, 0.4) is 0 Å². The van der Waals surface area contributed by atoms with E-state index in [0.717, 1.165) is 11.1 Å². The van der Waals surface area contributed by atoms with Crippen molar-refractivity contribution >= 4 is 5.91 Å². The molecule has 18 heavy (non-hydrogen) atoms. The van der Waals surface area contributed by atoms with Crippen LogP contribution in [0.4, 0.5) is 0 Å². The van der Waals surface area contributed by atoms with Gasteiger partial charge in [-0.3, -0.25) is 4.79 Å². The van der Waals surface area contributed by atoms with E-state index in [2.05, 4.69) is 5.32 Å². The summed E-state index contributed by atoms with van der Waals surface area (Å²) in [7, 11) is 0. The molecule has 2 N–H and O–H groups in total. The minimum Gasteiger partial charge on any atom is -0.391 e. The first-order valence-corrected chi connectivity index (χ1v) is 6.25. The molecule has 0 bridgehead atoms. The number of aliphatic hydroxyl groups excluding tert-OH is 1. The number of carbonyl (C=O) groups excluding carboxylic acids is 1. The minimum absolute atomic E-state index is 0.125. The van der Waals surface area contributed by atoms with Crippen LogP contribution in [0.15, 0.2) is 18.2 Å². The zero-order chi connectivity index (χ0) is 13.9. The van der Waals surface area contributed by atoms with Gasteiger partial charge >= 0.3 is 0 Å². The van der Waals surface area contributed by atoms with Crippen LogP contribution in [-0.2, 0) is 0 Å². The third-order valence-electron chi connectivity index (χ3n) is 3.09. The fourth-order valence-electron chi connectivity index (χ4n) is 1.57. The zero-order valence-corrected chi connectivity index (χ0v) is 11.9. The van der Waals surface area contributed by atoms with Gasteiger partial charge in [-0.15, -0.1) is 0 Å². The van der Waals surface area contributed by atoms with Crippen molar-refractivity contribution in [2.45, 2.75) is 40.7 Å². The van der Waals surface area contributed by atoms with Crippen LogP contribution in [0.2, 0.25) is 0 Å². The van der Waals surface area contributed by atoms with Crippen molar-refractivity contribution in [3.8, 4) is 0 Å². The van der Waals surface area contributed by atoms with Gasteiger partial charge in [0, 0.05) is 12.1 Å². The van der Waals surface area contributed by atoms with E-state index in [-0.39, 0.29) is 17.9 Å². The highest BCUT2D eigenvalue weighted by Crippen LogP contribution is 2.18. The lowest BCUT2D eigenvalue weighted by molar-refractivity contribution is 0.0586. The summed E-state index contributed by atoms with van der Waals surface area (Å²) in [6.45, 7) is 9.98. The molecule has 1 aromatic carbocycles. The molecule has 1 aromatic rings. The van der Waals surface area contributed by atoms with E-state index in [1.165, 1.54) is 0 Å². The van der Waals surface area contributed by atoms with Crippen LogP contribution in [0.5, 0.6) is 0 Å². The maximum Gasteiger partial charge on any atom is 0.251 e. The minimum atomic E-state index is -0.549. The number of carbonyl (C=O) groups is 1. The molecule has 1 unspecified atom stereocenters. The molecular weight excluding hydrogens is 226 g/mol. The van der Waals surface area contributed by atoms with Crippen molar-refractivity contribution in [3.63, 3.8) is 0 Å². The van der Waals surface area contributed by atoms with E-state index in [1.54, 1.807) is 0 Å². The van der Waals surface area contributed by atoms with Crippen molar-refractivity contribution in [1.29, 1.82) is 0 Å². The average Bonchev–Trinajstić information content (AvgIpc) is 2.27. The lowest BCUT2D eigenvalue weighted by Crippen LogP contribution is -2.39. The Morgan fingerprint density at radius 3 is 2.50 bits per heavy atom. The normalized spacial score (nSPS) is 13.2. The van der Waals surface area contributed by atoms with Gasteiger partial charge < -0.3 is 10.4 Å². The summed E-state index contributed by atoms with van der Waals surface area (Å²) in [4.78, 5) is 12.0. The fraction of sp³-hybridized carbons (Fsp3) is 0.533. The molecule has 0 heterocycles. The Hall–Kier alpha value is -1.35. The molecule has 1 atom stereocenters. The molecule has 0 saturated carbocycles. The molecule has 3 heteroatoms. The van der Waals surface area contributed by atoms with Crippen molar-refractivity contribution in [2.75, 3.05) is 6.54 Å². The standard InChI is InChI=1S/C15H23NO2/c1-10-6-7-11(2)12(8-10)14(18)16-9-13(17)15(3,4)5/h6-8,13,17H,9H2,1-5H3,(H,16,18). The van der Waals surface area contributed by atoms with Gasteiger partial charge in [0.15, 0.2) is 0 Å². The van der Waals surface area contributed by atoms with Crippen molar-refractivity contribution in [3.05, 3.63) is 34.9 Å². The first-order chi connectivity index (χ1) is 8.21. The molecule has 0 aliphatic carbocycles. The number of amides is 1. The van der Waals surface area contributed by atoms with Gasteiger partial charge in [0.1, 0.15) is 0 Å². The Morgan fingerprint density at radius 2 is 1.94 bits per heavy atom. The van der Waals surface area contributed by atoms with Crippen molar-refractivity contribution in [2.24, 2.45) is 5.41 Å². The molecule has 1 rings (SSSR count). The van der Waals surface area contributed by atoms with Crippen LogP contribution >= 0.6 is 0 Å². The summed E-state index contributed by atoms with van der Waals surface area (Å²) < 4.78 is 0. The van der Waals surface area contributed by atoms with Crippen LogP contribution in [0, 0.1) is 19.3 Å². The maximum absolute atomic E-state index is 12.0. The molecular formula is C15H23NO2. The number of hydrogen-bond acceptors (Lipinski definition) is 2. The second-order valence-electron chi connectivity index (χ2n) is 5.91. The molecule has 100 valence electrons. The Kier molecular flexibility index (Phi) is 4.52. The van der Waals surface area contributed by atoms with E-state index < -0.39 is 6.10 Å². The van der Waals surface area contributed by atoms with E-state index in [0.29, 0.717) is 5.56 Å². The second-order valence-corrected chi connectivity index (χ2v) is 5.91. The van der Waals surface area contributed by atoms with Crippen LogP contribution in [0.25, 0.3) is 0 Å². The summed E-state index contributed by atoms with van der Waals surface area (Å²) in [6, 6.07) is 5.79. The van der Waals surface area contributed by atoms with E-state index in [9.17, 15) is 9.90 Å². The molecule has 0 saturated heterocycles. The van der Waals surface area contributed by atoms with Crippen LogP contribution < -0.4 is 5.32 Å². The molecule has 0 spiro atoms. The topological polar surface area (TPSA) is 49.3 Å². The number of rotatable bonds is 3. The number of aryl methyl sites for hydroxylation is 2. The summed E-state index contributed by atoms with van der Waals surface area (Å²) in [5.74, 6) is -0.125. The molecule has 0 fully saturated rings. The fourth-order valence-corrected chi connectivity index (χ4v) is 1.57.